The summed E-state index contributed by atoms with van der Waals surface area (Å²) in [4.78, 5) is 32.6. The molecule has 1 aliphatic heterocycles. The van der Waals surface area contributed by atoms with Crippen LogP contribution in [-0.2, 0) is 11.0 Å². The average Bonchev–Trinajstić information content (AvgIpc) is 3.24. The summed E-state index contributed by atoms with van der Waals surface area (Å²) in [7, 11) is 0. The van der Waals surface area contributed by atoms with Crippen molar-refractivity contribution in [1.82, 2.24) is 20.2 Å². The van der Waals surface area contributed by atoms with Crippen molar-refractivity contribution in [2.45, 2.75) is 31.9 Å². The highest BCUT2D eigenvalue weighted by atomic mass is 19.4. The van der Waals surface area contributed by atoms with E-state index in [1.54, 1.807) is 4.90 Å². The summed E-state index contributed by atoms with van der Waals surface area (Å²) < 4.78 is 38.2. The van der Waals surface area contributed by atoms with Crippen LogP contribution in [0.4, 0.5) is 13.2 Å². The van der Waals surface area contributed by atoms with Crippen molar-refractivity contribution in [3.63, 3.8) is 0 Å². The Morgan fingerprint density at radius 3 is 2.52 bits per heavy atom. The van der Waals surface area contributed by atoms with E-state index >= 15 is 0 Å². The van der Waals surface area contributed by atoms with Gasteiger partial charge in [-0.2, -0.15) is 13.2 Å². The van der Waals surface area contributed by atoms with E-state index in [0.29, 0.717) is 24.7 Å². The molecule has 2 fully saturated rings. The number of fused-ring (bicyclic) bond motifs is 1. The number of hydrogen-bond donors (Lipinski definition) is 2. The Hall–Kier alpha value is -2.58. The van der Waals surface area contributed by atoms with Crippen molar-refractivity contribution in [2.24, 2.45) is 5.41 Å². The Morgan fingerprint density at radius 1 is 1.19 bits per heavy atom. The first-order chi connectivity index (χ1) is 12.8. The van der Waals surface area contributed by atoms with E-state index in [1.165, 1.54) is 18.9 Å². The molecule has 1 spiro atoms. The van der Waals surface area contributed by atoms with Gasteiger partial charge < -0.3 is 15.2 Å². The predicted molar refractivity (Wildman–Crippen MR) is 90.9 cm³/mol. The van der Waals surface area contributed by atoms with Gasteiger partial charge in [-0.1, -0.05) is 0 Å². The summed E-state index contributed by atoms with van der Waals surface area (Å²) in [5.41, 5.74) is -0.160. The molecule has 6 nitrogen and oxygen atoms in total. The zero-order chi connectivity index (χ0) is 19.2. The van der Waals surface area contributed by atoms with E-state index in [1.807, 2.05) is 0 Å². The number of aromatic amines is 1. The Labute approximate surface area is 153 Å². The average molecular weight is 380 g/mol. The molecule has 3 heterocycles. The highest BCUT2D eigenvalue weighted by Crippen LogP contribution is 2.53. The van der Waals surface area contributed by atoms with Crippen molar-refractivity contribution >= 4 is 22.8 Å². The standard InChI is InChI=1S/C18H19F3N4O2/c19-18(20,21)12-7-11-8-13(24-15(11)22-9-12)16(27)23-10-14(26)25-5-3-17(1-2-17)4-6-25/h7-9H,1-6,10H2,(H,22,24)(H,23,27). The molecule has 4 rings (SSSR count). The molecule has 0 aromatic carbocycles. The number of piperidine rings is 1. The fraction of sp³-hybridized carbons (Fsp3) is 0.500. The molecule has 1 aliphatic carbocycles. The Kier molecular flexibility index (Phi) is 4.12. The first kappa shape index (κ1) is 17.8. The Balaban J connectivity index is 1.37. The molecule has 0 atom stereocenters. The molecule has 144 valence electrons. The number of alkyl halides is 3. The number of nitrogens with zero attached hydrogens (tertiary/aromatic N) is 2. The number of nitrogens with one attached hydrogen (secondary N) is 2. The molecule has 9 heteroatoms. The number of carbonyl (C=O) groups is 2. The minimum Gasteiger partial charge on any atom is -0.342 e. The van der Waals surface area contributed by atoms with Gasteiger partial charge in [-0.15, -0.1) is 0 Å². The third-order valence-corrected chi connectivity index (χ3v) is 5.58. The molecular formula is C18H19F3N4O2. The SMILES string of the molecule is O=C(NCC(=O)N1CCC2(CC1)CC2)c1cc2cc(C(F)(F)F)cnc2[nH]1. The lowest BCUT2D eigenvalue weighted by Gasteiger charge is -2.32. The van der Waals surface area contributed by atoms with Crippen molar-refractivity contribution in [3.05, 3.63) is 29.6 Å². The molecule has 2 amide bonds. The van der Waals surface area contributed by atoms with Crippen molar-refractivity contribution in [1.29, 1.82) is 0 Å². The molecule has 0 bridgehead atoms. The van der Waals surface area contributed by atoms with E-state index < -0.39 is 17.6 Å². The zero-order valence-electron chi connectivity index (χ0n) is 14.5. The zero-order valence-corrected chi connectivity index (χ0v) is 14.5. The van der Waals surface area contributed by atoms with Crippen LogP contribution in [0.2, 0.25) is 0 Å². The molecule has 2 aliphatic rings. The monoisotopic (exact) mass is 380 g/mol. The first-order valence-electron chi connectivity index (χ1n) is 8.88. The topological polar surface area (TPSA) is 78.1 Å². The fourth-order valence-corrected chi connectivity index (χ4v) is 3.56. The van der Waals surface area contributed by atoms with Gasteiger partial charge in [0, 0.05) is 24.7 Å². The number of halogens is 3. The maximum absolute atomic E-state index is 12.7. The number of H-pyrrole nitrogens is 1. The van der Waals surface area contributed by atoms with Gasteiger partial charge in [-0.25, -0.2) is 4.98 Å². The number of likely N-dealkylation sites (tertiary alicyclic amines) is 1. The summed E-state index contributed by atoms with van der Waals surface area (Å²) in [6, 6.07) is 2.23. The summed E-state index contributed by atoms with van der Waals surface area (Å²) in [5, 5.41) is 2.71. The first-order valence-corrected chi connectivity index (χ1v) is 8.88. The van der Waals surface area contributed by atoms with Gasteiger partial charge in [0.1, 0.15) is 11.3 Å². The minimum atomic E-state index is -4.50. The Morgan fingerprint density at radius 2 is 1.89 bits per heavy atom. The Bertz CT molecular complexity index is 892. The van der Waals surface area contributed by atoms with Crippen molar-refractivity contribution in [2.75, 3.05) is 19.6 Å². The van der Waals surface area contributed by atoms with Crippen LogP contribution in [0.15, 0.2) is 18.3 Å². The molecule has 27 heavy (non-hydrogen) atoms. The number of aromatic nitrogens is 2. The summed E-state index contributed by atoms with van der Waals surface area (Å²) in [6.07, 6.45) is 0.740. The smallest absolute Gasteiger partial charge is 0.342 e. The molecular weight excluding hydrogens is 361 g/mol. The minimum absolute atomic E-state index is 0.0696. The van der Waals surface area contributed by atoms with Gasteiger partial charge in [0.05, 0.1) is 12.1 Å². The number of carbonyl (C=O) groups excluding carboxylic acids is 2. The molecule has 2 aromatic rings. The van der Waals surface area contributed by atoms with Gasteiger partial charge >= 0.3 is 6.18 Å². The van der Waals surface area contributed by atoms with Crippen LogP contribution in [0.25, 0.3) is 11.0 Å². The largest absolute Gasteiger partial charge is 0.417 e. The van der Waals surface area contributed by atoms with Crippen LogP contribution in [0.3, 0.4) is 0 Å². The number of hydrogen-bond acceptors (Lipinski definition) is 3. The van der Waals surface area contributed by atoms with Crippen LogP contribution < -0.4 is 5.32 Å². The maximum Gasteiger partial charge on any atom is 0.417 e. The summed E-state index contributed by atoms with van der Waals surface area (Å²) in [6.45, 7) is 1.29. The third kappa shape index (κ3) is 3.63. The molecule has 1 saturated heterocycles. The molecule has 0 unspecified atom stereocenters. The van der Waals surface area contributed by atoms with Crippen LogP contribution in [-0.4, -0.2) is 46.3 Å². The van der Waals surface area contributed by atoms with Crippen LogP contribution in [0.5, 0.6) is 0 Å². The van der Waals surface area contributed by atoms with Crippen LogP contribution >= 0.6 is 0 Å². The highest BCUT2D eigenvalue weighted by Gasteiger charge is 2.45. The van der Waals surface area contributed by atoms with Crippen LogP contribution in [0, 0.1) is 5.41 Å². The summed E-state index contributed by atoms with van der Waals surface area (Å²) in [5.74, 6) is -0.696. The second kappa shape index (κ2) is 6.24. The third-order valence-electron chi connectivity index (χ3n) is 5.58. The highest BCUT2D eigenvalue weighted by molar-refractivity contribution is 5.98. The number of rotatable bonds is 3. The van der Waals surface area contributed by atoms with E-state index in [0.717, 1.165) is 18.9 Å². The number of amides is 2. The van der Waals surface area contributed by atoms with E-state index in [-0.39, 0.29) is 29.2 Å². The van der Waals surface area contributed by atoms with Gasteiger partial charge in [-0.05, 0) is 43.2 Å². The van der Waals surface area contributed by atoms with Gasteiger partial charge in [0.2, 0.25) is 5.91 Å². The second-order valence-electron chi connectivity index (χ2n) is 7.41. The summed E-state index contributed by atoms with van der Waals surface area (Å²) >= 11 is 0. The lowest BCUT2D eigenvalue weighted by atomic mass is 9.94. The maximum atomic E-state index is 12.7. The molecule has 0 radical (unpaired) electrons. The number of pyridine rings is 1. The van der Waals surface area contributed by atoms with E-state index in [9.17, 15) is 22.8 Å². The quantitative estimate of drug-likeness (QED) is 0.860. The second-order valence-corrected chi connectivity index (χ2v) is 7.41. The molecule has 1 saturated carbocycles. The van der Waals surface area contributed by atoms with Crippen LogP contribution in [0.1, 0.15) is 41.7 Å². The lowest BCUT2D eigenvalue weighted by molar-refractivity contribution is -0.137. The van der Waals surface area contributed by atoms with E-state index in [2.05, 4.69) is 15.3 Å². The predicted octanol–water partition coefficient (Wildman–Crippen LogP) is 2.71. The van der Waals surface area contributed by atoms with Crippen molar-refractivity contribution in [3.8, 4) is 0 Å². The molecule has 2 N–H and O–H groups in total. The lowest BCUT2D eigenvalue weighted by Crippen LogP contribution is -2.44. The van der Waals surface area contributed by atoms with Gasteiger partial charge in [0.25, 0.3) is 5.91 Å². The molecule has 2 aromatic heterocycles. The van der Waals surface area contributed by atoms with Gasteiger partial charge in [0.15, 0.2) is 0 Å². The van der Waals surface area contributed by atoms with E-state index in [4.69, 9.17) is 0 Å². The van der Waals surface area contributed by atoms with Crippen molar-refractivity contribution < 1.29 is 22.8 Å². The normalized spacial score (nSPS) is 18.7. The van der Waals surface area contributed by atoms with Gasteiger partial charge in [-0.3, -0.25) is 9.59 Å². The fourth-order valence-electron chi connectivity index (χ4n) is 3.56.